The smallest absolute Gasteiger partial charge is 0.342 e. The SMILES string of the molecule is COc1cc(N)c(Cl)cc1C(=O)OC(C)C(=O)Nc1cc(Cl)ccc1Cl. The lowest BCUT2D eigenvalue weighted by Gasteiger charge is -2.16. The number of esters is 1. The van der Waals surface area contributed by atoms with Gasteiger partial charge in [0.15, 0.2) is 6.10 Å². The molecule has 9 heteroatoms. The van der Waals surface area contributed by atoms with Crippen molar-refractivity contribution >= 4 is 58.1 Å². The van der Waals surface area contributed by atoms with E-state index in [9.17, 15) is 9.59 Å². The van der Waals surface area contributed by atoms with E-state index in [0.717, 1.165) is 0 Å². The van der Waals surface area contributed by atoms with Gasteiger partial charge in [0.2, 0.25) is 0 Å². The van der Waals surface area contributed by atoms with Crippen molar-refractivity contribution in [1.29, 1.82) is 0 Å². The minimum absolute atomic E-state index is 0.0483. The number of carbonyl (C=O) groups excluding carboxylic acids is 2. The van der Waals surface area contributed by atoms with Gasteiger partial charge in [0, 0.05) is 11.1 Å². The van der Waals surface area contributed by atoms with Crippen LogP contribution in [-0.2, 0) is 9.53 Å². The zero-order valence-electron chi connectivity index (χ0n) is 13.8. The number of nitrogens with two attached hydrogens (primary N) is 1. The summed E-state index contributed by atoms with van der Waals surface area (Å²) in [5, 5.41) is 3.41. The number of methoxy groups -OCH3 is 1. The van der Waals surface area contributed by atoms with Gasteiger partial charge >= 0.3 is 5.97 Å². The second kappa shape index (κ2) is 8.49. The summed E-state index contributed by atoms with van der Waals surface area (Å²) in [6, 6.07) is 7.32. The predicted octanol–water partition coefficient (Wildman–Crippen LogP) is 4.42. The molecule has 0 aromatic heterocycles. The Balaban J connectivity index is 2.12. The summed E-state index contributed by atoms with van der Waals surface area (Å²) in [4.78, 5) is 24.6. The second-order valence-corrected chi connectivity index (χ2v) is 6.49. The lowest BCUT2D eigenvalue weighted by atomic mass is 10.2. The third-order valence-corrected chi connectivity index (χ3v) is 4.27. The molecular weight excluding hydrogens is 403 g/mol. The molecule has 26 heavy (non-hydrogen) atoms. The quantitative estimate of drug-likeness (QED) is 0.555. The molecule has 1 atom stereocenters. The molecule has 1 amide bonds. The second-order valence-electron chi connectivity index (χ2n) is 5.23. The monoisotopic (exact) mass is 416 g/mol. The normalized spacial score (nSPS) is 11.6. The van der Waals surface area contributed by atoms with Crippen molar-refractivity contribution in [3.05, 3.63) is 51.0 Å². The van der Waals surface area contributed by atoms with Gasteiger partial charge in [-0.05, 0) is 31.2 Å². The first-order chi connectivity index (χ1) is 12.2. The number of benzene rings is 2. The molecule has 0 radical (unpaired) electrons. The minimum Gasteiger partial charge on any atom is -0.496 e. The molecule has 0 heterocycles. The fraction of sp³-hybridized carbons (Fsp3) is 0.176. The van der Waals surface area contributed by atoms with Crippen LogP contribution in [0.4, 0.5) is 11.4 Å². The Kier molecular flexibility index (Phi) is 6.58. The van der Waals surface area contributed by atoms with Crippen LogP contribution in [0.2, 0.25) is 15.1 Å². The molecule has 0 aliphatic heterocycles. The van der Waals surface area contributed by atoms with Crippen molar-refractivity contribution in [2.75, 3.05) is 18.2 Å². The maximum atomic E-state index is 12.3. The van der Waals surface area contributed by atoms with Crippen molar-refractivity contribution in [1.82, 2.24) is 0 Å². The van der Waals surface area contributed by atoms with Crippen LogP contribution < -0.4 is 15.8 Å². The molecule has 1 unspecified atom stereocenters. The van der Waals surface area contributed by atoms with E-state index in [1.165, 1.54) is 38.3 Å². The summed E-state index contributed by atoms with van der Waals surface area (Å²) >= 11 is 17.8. The lowest BCUT2D eigenvalue weighted by Crippen LogP contribution is -2.30. The Morgan fingerprint density at radius 2 is 1.81 bits per heavy atom. The number of nitrogens with one attached hydrogen (secondary N) is 1. The molecule has 0 aliphatic rings. The van der Waals surface area contributed by atoms with Gasteiger partial charge in [0.1, 0.15) is 11.3 Å². The van der Waals surface area contributed by atoms with Crippen molar-refractivity contribution < 1.29 is 19.1 Å². The van der Waals surface area contributed by atoms with Gasteiger partial charge in [-0.25, -0.2) is 4.79 Å². The van der Waals surface area contributed by atoms with Crippen molar-refractivity contribution in [2.24, 2.45) is 0 Å². The molecule has 2 aromatic carbocycles. The van der Waals surface area contributed by atoms with E-state index >= 15 is 0 Å². The third kappa shape index (κ3) is 4.72. The highest BCUT2D eigenvalue weighted by Gasteiger charge is 2.23. The van der Waals surface area contributed by atoms with Gasteiger partial charge in [-0.1, -0.05) is 34.8 Å². The molecule has 6 nitrogen and oxygen atoms in total. The molecule has 2 rings (SSSR count). The fourth-order valence-electron chi connectivity index (χ4n) is 2.00. The summed E-state index contributed by atoms with van der Waals surface area (Å²) < 4.78 is 10.3. The number of hydrogen-bond acceptors (Lipinski definition) is 5. The Morgan fingerprint density at radius 3 is 2.46 bits per heavy atom. The van der Waals surface area contributed by atoms with E-state index < -0.39 is 18.0 Å². The van der Waals surface area contributed by atoms with Crippen LogP contribution in [0.15, 0.2) is 30.3 Å². The van der Waals surface area contributed by atoms with E-state index in [2.05, 4.69) is 5.32 Å². The van der Waals surface area contributed by atoms with Crippen molar-refractivity contribution in [2.45, 2.75) is 13.0 Å². The maximum absolute atomic E-state index is 12.3. The van der Waals surface area contributed by atoms with Gasteiger partial charge in [0.25, 0.3) is 5.91 Å². The fourth-order valence-corrected chi connectivity index (χ4v) is 2.50. The molecular formula is C17H15Cl3N2O4. The van der Waals surface area contributed by atoms with Crippen LogP contribution in [-0.4, -0.2) is 25.1 Å². The van der Waals surface area contributed by atoms with Crippen LogP contribution in [0.25, 0.3) is 0 Å². The van der Waals surface area contributed by atoms with Gasteiger partial charge in [-0.15, -0.1) is 0 Å². The number of ether oxygens (including phenoxy) is 2. The molecule has 3 N–H and O–H groups in total. The maximum Gasteiger partial charge on any atom is 0.342 e. The Morgan fingerprint density at radius 1 is 1.12 bits per heavy atom. The lowest BCUT2D eigenvalue weighted by molar-refractivity contribution is -0.123. The summed E-state index contributed by atoms with van der Waals surface area (Å²) in [6.07, 6.45) is -1.11. The first kappa shape index (κ1) is 20.2. The molecule has 0 bridgehead atoms. The van der Waals surface area contributed by atoms with E-state index in [-0.39, 0.29) is 22.0 Å². The van der Waals surface area contributed by atoms with Crippen LogP contribution >= 0.6 is 34.8 Å². The molecule has 2 aromatic rings. The number of rotatable bonds is 5. The average molecular weight is 418 g/mol. The third-order valence-electron chi connectivity index (χ3n) is 3.38. The number of anilines is 2. The summed E-state index contributed by atoms with van der Waals surface area (Å²) in [7, 11) is 1.37. The number of amides is 1. The highest BCUT2D eigenvalue weighted by Crippen LogP contribution is 2.30. The first-order valence-corrected chi connectivity index (χ1v) is 8.46. The predicted molar refractivity (Wildman–Crippen MR) is 102 cm³/mol. The molecule has 138 valence electrons. The molecule has 0 aliphatic carbocycles. The molecule has 0 spiro atoms. The number of carbonyl (C=O) groups is 2. The van der Waals surface area contributed by atoms with Gasteiger partial charge in [-0.3, -0.25) is 4.79 Å². The zero-order valence-corrected chi connectivity index (χ0v) is 16.1. The van der Waals surface area contributed by atoms with Gasteiger partial charge < -0.3 is 20.5 Å². The summed E-state index contributed by atoms with van der Waals surface area (Å²) in [5.74, 6) is -1.19. The molecule has 0 fully saturated rings. The molecule has 0 saturated carbocycles. The number of hydrogen-bond donors (Lipinski definition) is 2. The Labute approximate surface area is 165 Å². The van der Waals surface area contributed by atoms with Crippen molar-refractivity contribution in [3.8, 4) is 5.75 Å². The van der Waals surface area contributed by atoms with Crippen molar-refractivity contribution in [3.63, 3.8) is 0 Å². The summed E-state index contributed by atoms with van der Waals surface area (Å²) in [6.45, 7) is 1.41. The van der Waals surface area contributed by atoms with Crippen LogP contribution in [0.3, 0.4) is 0 Å². The Hall–Kier alpha value is -2.15. The largest absolute Gasteiger partial charge is 0.496 e. The van der Waals surface area contributed by atoms with Crippen LogP contribution in [0.5, 0.6) is 5.75 Å². The number of halogens is 3. The molecule has 0 saturated heterocycles. The minimum atomic E-state index is -1.11. The zero-order chi connectivity index (χ0) is 19.4. The van der Waals surface area contributed by atoms with E-state index in [1.807, 2.05) is 0 Å². The highest BCUT2D eigenvalue weighted by atomic mass is 35.5. The van der Waals surface area contributed by atoms with E-state index in [1.54, 1.807) is 6.07 Å². The average Bonchev–Trinajstić information content (AvgIpc) is 2.59. The summed E-state index contributed by atoms with van der Waals surface area (Å²) in [5.41, 5.74) is 6.28. The first-order valence-electron chi connectivity index (χ1n) is 7.32. The van der Waals surface area contributed by atoms with Crippen LogP contribution in [0, 0.1) is 0 Å². The van der Waals surface area contributed by atoms with E-state index in [0.29, 0.717) is 15.7 Å². The standard InChI is InChI=1S/C17H15Cl3N2O4/c1-8(16(23)22-14-5-9(18)3-4-11(14)19)26-17(24)10-6-12(20)13(21)7-15(10)25-2/h3-8H,21H2,1-2H3,(H,22,23). The van der Waals surface area contributed by atoms with E-state index in [4.69, 9.17) is 50.0 Å². The topological polar surface area (TPSA) is 90.7 Å². The number of nitrogen functional groups attached to an aromatic ring is 1. The van der Waals surface area contributed by atoms with Crippen LogP contribution in [0.1, 0.15) is 17.3 Å². The van der Waals surface area contributed by atoms with Gasteiger partial charge in [-0.2, -0.15) is 0 Å². The van der Waals surface area contributed by atoms with Gasteiger partial charge in [0.05, 0.1) is 28.5 Å². The Bertz CT molecular complexity index is 858. The highest BCUT2D eigenvalue weighted by molar-refractivity contribution is 6.35.